The molecule has 3 rings (SSSR count). The van der Waals surface area contributed by atoms with Crippen LogP contribution in [0.3, 0.4) is 0 Å². The van der Waals surface area contributed by atoms with Crippen molar-refractivity contribution in [1.82, 2.24) is 9.97 Å². The molecule has 3 aromatic rings. The molecule has 0 aliphatic carbocycles. The van der Waals surface area contributed by atoms with Gasteiger partial charge in [0.25, 0.3) is 0 Å². The highest BCUT2D eigenvalue weighted by atomic mass is 32.2. The van der Waals surface area contributed by atoms with Gasteiger partial charge < -0.3 is 5.32 Å². The van der Waals surface area contributed by atoms with Crippen molar-refractivity contribution in [2.75, 3.05) is 5.32 Å². The Morgan fingerprint density at radius 1 is 1.04 bits per heavy atom. The van der Waals surface area contributed by atoms with Crippen LogP contribution in [0.4, 0.5) is 5.69 Å². The fraction of sp³-hybridized carbons (Fsp3) is 0.200. The monoisotopic (exact) mass is 365 g/mol. The van der Waals surface area contributed by atoms with E-state index < -0.39 is 0 Å². The lowest BCUT2D eigenvalue weighted by atomic mass is 10.1. The Morgan fingerprint density at radius 2 is 1.73 bits per heavy atom. The van der Waals surface area contributed by atoms with E-state index >= 15 is 0 Å². The predicted molar refractivity (Wildman–Crippen MR) is 105 cm³/mol. The van der Waals surface area contributed by atoms with Gasteiger partial charge in [0.1, 0.15) is 5.03 Å². The van der Waals surface area contributed by atoms with Gasteiger partial charge in [-0.3, -0.25) is 9.59 Å². The number of Topliss-reactive ketones (excluding diaryl/α,β-unsaturated/α-hetero) is 1. The zero-order valence-corrected chi connectivity index (χ0v) is 15.6. The number of carbonyl (C=O) groups is 2. The second-order valence-electron chi connectivity index (χ2n) is 5.99. The van der Waals surface area contributed by atoms with Crippen LogP contribution in [0.2, 0.25) is 0 Å². The Morgan fingerprint density at radius 3 is 2.42 bits per heavy atom. The second-order valence-corrected chi connectivity index (χ2v) is 7.32. The van der Waals surface area contributed by atoms with Crippen LogP contribution in [-0.4, -0.2) is 26.9 Å². The third-order valence-electron chi connectivity index (χ3n) is 3.90. The number of hydrogen-bond acceptors (Lipinski definition) is 5. The second kappa shape index (κ2) is 7.66. The summed E-state index contributed by atoms with van der Waals surface area (Å²) in [6, 6.07) is 14.6. The maximum Gasteiger partial charge on any atom is 0.237 e. The Bertz CT molecular complexity index is 988. The number of benzene rings is 2. The van der Waals surface area contributed by atoms with E-state index in [4.69, 9.17) is 0 Å². The van der Waals surface area contributed by atoms with E-state index in [0.717, 1.165) is 21.8 Å². The summed E-state index contributed by atoms with van der Waals surface area (Å²) in [5, 5.41) is 3.24. The Balaban J connectivity index is 1.74. The first-order valence-electron chi connectivity index (χ1n) is 8.26. The molecule has 0 fully saturated rings. The molecule has 0 radical (unpaired) electrons. The lowest BCUT2D eigenvalue weighted by Gasteiger charge is -2.13. The van der Waals surface area contributed by atoms with Gasteiger partial charge in [-0.25, -0.2) is 9.97 Å². The minimum absolute atomic E-state index is 0.0365. The molecule has 1 aromatic heterocycles. The molecule has 0 saturated carbocycles. The van der Waals surface area contributed by atoms with E-state index in [1.165, 1.54) is 18.7 Å². The average molecular weight is 365 g/mol. The molecule has 1 heterocycles. The van der Waals surface area contributed by atoms with Crippen molar-refractivity contribution in [2.45, 2.75) is 31.0 Å². The first kappa shape index (κ1) is 18.1. The van der Waals surface area contributed by atoms with Crippen molar-refractivity contribution in [2.24, 2.45) is 0 Å². The van der Waals surface area contributed by atoms with Crippen LogP contribution < -0.4 is 5.32 Å². The number of hydrogen-bond donors (Lipinski definition) is 1. The molecule has 1 atom stereocenters. The number of nitrogens with zero attached hydrogens (tertiary/aromatic N) is 2. The van der Waals surface area contributed by atoms with Gasteiger partial charge in [0, 0.05) is 11.3 Å². The number of thioether (sulfide) groups is 1. The molecule has 6 heteroatoms. The third kappa shape index (κ3) is 4.08. The predicted octanol–water partition coefficient (Wildman–Crippen LogP) is 4.26. The first-order valence-corrected chi connectivity index (χ1v) is 9.14. The maximum atomic E-state index is 12.5. The van der Waals surface area contributed by atoms with Crippen LogP contribution >= 0.6 is 11.8 Å². The van der Waals surface area contributed by atoms with Gasteiger partial charge in [0.2, 0.25) is 5.91 Å². The largest absolute Gasteiger partial charge is 0.325 e. The zero-order chi connectivity index (χ0) is 18.7. The lowest BCUT2D eigenvalue weighted by molar-refractivity contribution is -0.115. The molecule has 26 heavy (non-hydrogen) atoms. The minimum Gasteiger partial charge on any atom is -0.325 e. The highest BCUT2D eigenvalue weighted by Crippen LogP contribution is 2.26. The van der Waals surface area contributed by atoms with Crippen LogP contribution in [0.1, 0.15) is 29.9 Å². The number of aryl methyl sites for hydroxylation is 1. The van der Waals surface area contributed by atoms with E-state index in [9.17, 15) is 9.59 Å². The van der Waals surface area contributed by atoms with Crippen molar-refractivity contribution in [1.29, 1.82) is 0 Å². The van der Waals surface area contributed by atoms with Crippen molar-refractivity contribution in [3.63, 3.8) is 0 Å². The molecule has 0 bridgehead atoms. The summed E-state index contributed by atoms with van der Waals surface area (Å²) < 4.78 is 0. The smallest absolute Gasteiger partial charge is 0.237 e. The van der Waals surface area contributed by atoms with E-state index in [2.05, 4.69) is 15.3 Å². The number of anilines is 1. The maximum absolute atomic E-state index is 12.5. The summed E-state index contributed by atoms with van der Waals surface area (Å²) in [7, 11) is 0. The highest BCUT2D eigenvalue weighted by Gasteiger charge is 2.18. The van der Waals surface area contributed by atoms with Crippen LogP contribution in [0.25, 0.3) is 11.0 Å². The van der Waals surface area contributed by atoms with E-state index in [1.54, 1.807) is 24.3 Å². The topological polar surface area (TPSA) is 72.0 Å². The van der Waals surface area contributed by atoms with Crippen molar-refractivity contribution in [3.8, 4) is 0 Å². The molecule has 132 valence electrons. The summed E-state index contributed by atoms with van der Waals surface area (Å²) in [6.07, 6.45) is 0. The number of carbonyl (C=O) groups excluding carboxylic acids is 2. The number of para-hydroxylation sites is 2. The Kier molecular flexibility index (Phi) is 5.32. The summed E-state index contributed by atoms with van der Waals surface area (Å²) in [5.74, 6) is -0.185. The zero-order valence-electron chi connectivity index (χ0n) is 14.8. The molecular weight excluding hydrogens is 346 g/mol. The Hall–Kier alpha value is -2.73. The molecule has 2 aromatic carbocycles. The van der Waals surface area contributed by atoms with Gasteiger partial charge in [-0.2, -0.15) is 0 Å². The van der Waals surface area contributed by atoms with E-state index in [1.807, 2.05) is 38.1 Å². The molecule has 0 saturated heterocycles. The summed E-state index contributed by atoms with van der Waals surface area (Å²) in [4.78, 5) is 33.1. The van der Waals surface area contributed by atoms with Crippen molar-refractivity contribution < 1.29 is 9.59 Å². The first-order chi connectivity index (χ1) is 12.4. The normalized spacial score (nSPS) is 12.0. The SMILES string of the molecule is CC(=O)c1cccc(NC(=O)C(C)Sc2nc3ccccc3nc2C)c1. The molecule has 1 N–H and O–H groups in total. The van der Waals surface area contributed by atoms with Gasteiger partial charge in [-0.1, -0.05) is 36.0 Å². The van der Waals surface area contributed by atoms with Crippen molar-refractivity contribution in [3.05, 3.63) is 59.8 Å². The standard InChI is InChI=1S/C20H19N3O2S/c1-12-20(23-18-10-5-4-9-17(18)21-12)26-14(3)19(25)22-16-8-6-7-15(11-16)13(2)24/h4-11,14H,1-3H3,(H,22,25). The summed E-state index contributed by atoms with van der Waals surface area (Å²) in [6.45, 7) is 5.22. The quantitative estimate of drug-likeness (QED) is 0.540. The van der Waals surface area contributed by atoms with Crippen LogP contribution in [0.5, 0.6) is 0 Å². The number of amides is 1. The van der Waals surface area contributed by atoms with Crippen LogP contribution in [-0.2, 0) is 4.79 Å². The van der Waals surface area contributed by atoms with E-state index in [-0.39, 0.29) is 16.9 Å². The molecule has 5 nitrogen and oxygen atoms in total. The molecular formula is C20H19N3O2S. The lowest BCUT2D eigenvalue weighted by Crippen LogP contribution is -2.22. The van der Waals surface area contributed by atoms with Gasteiger partial charge in [-0.05, 0) is 45.0 Å². The molecule has 1 unspecified atom stereocenters. The fourth-order valence-corrected chi connectivity index (χ4v) is 3.33. The van der Waals surface area contributed by atoms with Gasteiger partial charge in [0.15, 0.2) is 5.78 Å². The number of nitrogens with one attached hydrogen (secondary N) is 1. The van der Waals surface area contributed by atoms with Crippen LogP contribution in [0.15, 0.2) is 53.6 Å². The fourth-order valence-electron chi connectivity index (χ4n) is 2.46. The number of aromatic nitrogens is 2. The third-order valence-corrected chi connectivity index (χ3v) is 5.07. The molecule has 0 spiro atoms. The Labute approximate surface area is 156 Å². The molecule has 0 aliphatic heterocycles. The molecule has 1 amide bonds. The summed E-state index contributed by atoms with van der Waals surface area (Å²) in [5.41, 5.74) is 3.62. The minimum atomic E-state index is -0.356. The van der Waals surface area contributed by atoms with Crippen molar-refractivity contribution >= 4 is 40.2 Å². The van der Waals surface area contributed by atoms with Gasteiger partial charge >= 0.3 is 0 Å². The number of fused-ring (bicyclic) bond motifs is 1. The average Bonchev–Trinajstić information content (AvgIpc) is 2.62. The van der Waals surface area contributed by atoms with Crippen LogP contribution in [0, 0.1) is 6.92 Å². The molecule has 0 aliphatic rings. The number of rotatable bonds is 5. The summed E-state index contributed by atoms with van der Waals surface area (Å²) >= 11 is 1.37. The van der Waals surface area contributed by atoms with Gasteiger partial charge in [0.05, 0.1) is 22.0 Å². The van der Waals surface area contributed by atoms with Gasteiger partial charge in [-0.15, -0.1) is 0 Å². The highest BCUT2D eigenvalue weighted by molar-refractivity contribution is 8.00. The van der Waals surface area contributed by atoms with E-state index in [0.29, 0.717) is 11.3 Å². The number of ketones is 1.